The van der Waals surface area contributed by atoms with E-state index >= 15 is 0 Å². The summed E-state index contributed by atoms with van der Waals surface area (Å²) in [4.78, 5) is 14.1. The molecule has 1 aliphatic carbocycles. The Hall–Kier alpha value is -1.55. The third-order valence-electron chi connectivity index (χ3n) is 4.73. The van der Waals surface area contributed by atoms with E-state index < -0.39 is 0 Å². The first kappa shape index (κ1) is 16.8. The number of likely N-dealkylation sites (N-methyl/N-ethyl adjacent to an activating group) is 1. The number of hydrogen-bond acceptors (Lipinski definition) is 2. The normalized spacial score (nSPS) is 16.7. The largest absolute Gasteiger partial charge is 0.497 e. The number of ether oxygens (including phenoxy) is 1. The number of nitrogens with one attached hydrogen (secondary N) is 2. The van der Waals surface area contributed by atoms with Gasteiger partial charge in [-0.15, -0.1) is 0 Å². The van der Waals surface area contributed by atoms with E-state index in [2.05, 4.69) is 19.2 Å². The lowest BCUT2D eigenvalue weighted by Gasteiger charge is -2.27. The Balaban J connectivity index is 2.18. The molecule has 122 valence electrons. The molecule has 0 aromatic heterocycles. The van der Waals surface area contributed by atoms with Gasteiger partial charge in [0, 0.05) is 11.6 Å². The Morgan fingerprint density at radius 1 is 1.23 bits per heavy atom. The van der Waals surface area contributed by atoms with Crippen molar-refractivity contribution in [3.63, 3.8) is 0 Å². The maximum Gasteiger partial charge on any atom is 0.283 e. The van der Waals surface area contributed by atoms with Crippen LogP contribution in [0.15, 0.2) is 24.3 Å². The molecule has 1 fully saturated rings. The number of hydrogen-bond donors (Lipinski definition) is 2. The smallest absolute Gasteiger partial charge is 0.283 e. The second-order valence-corrected chi connectivity index (χ2v) is 6.06. The molecule has 0 heterocycles. The van der Waals surface area contributed by atoms with Gasteiger partial charge in [0.2, 0.25) is 0 Å². The van der Waals surface area contributed by atoms with Gasteiger partial charge in [0.15, 0.2) is 6.04 Å². The van der Waals surface area contributed by atoms with Crippen molar-refractivity contribution >= 4 is 5.91 Å². The van der Waals surface area contributed by atoms with E-state index in [0.717, 1.165) is 37.2 Å². The summed E-state index contributed by atoms with van der Waals surface area (Å²) >= 11 is 0. The van der Waals surface area contributed by atoms with Crippen molar-refractivity contribution in [2.45, 2.75) is 51.6 Å². The maximum absolute atomic E-state index is 12.9. The van der Waals surface area contributed by atoms with Crippen LogP contribution in [0.2, 0.25) is 0 Å². The number of benzene rings is 1. The summed E-state index contributed by atoms with van der Waals surface area (Å²) in [6, 6.07) is 8.14. The molecule has 1 atom stereocenters. The Bertz CT molecular complexity index is 462. The zero-order valence-electron chi connectivity index (χ0n) is 14.0. The fourth-order valence-electron chi connectivity index (χ4n) is 3.38. The third kappa shape index (κ3) is 4.01. The topological polar surface area (TPSA) is 42.8 Å². The van der Waals surface area contributed by atoms with E-state index in [0.29, 0.717) is 6.04 Å². The van der Waals surface area contributed by atoms with Crippen molar-refractivity contribution in [1.29, 1.82) is 0 Å². The molecule has 4 nitrogen and oxygen atoms in total. The molecule has 1 aromatic carbocycles. The van der Waals surface area contributed by atoms with E-state index in [1.54, 1.807) is 7.11 Å². The van der Waals surface area contributed by atoms with Gasteiger partial charge in [-0.3, -0.25) is 4.79 Å². The van der Waals surface area contributed by atoms with Crippen LogP contribution >= 0.6 is 0 Å². The highest BCUT2D eigenvalue weighted by molar-refractivity contribution is 5.82. The van der Waals surface area contributed by atoms with Crippen molar-refractivity contribution in [2.24, 2.45) is 0 Å². The van der Waals surface area contributed by atoms with Crippen LogP contribution in [0.3, 0.4) is 0 Å². The van der Waals surface area contributed by atoms with Crippen molar-refractivity contribution in [3.8, 4) is 5.75 Å². The van der Waals surface area contributed by atoms with Gasteiger partial charge in [-0.1, -0.05) is 12.8 Å². The predicted octanol–water partition coefficient (Wildman–Crippen LogP) is 1.72. The lowest BCUT2D eigenvalue weighted by atomic mass is 10.0. The molecular formula is C18H29N2O2+. The zero-order valence-corrected chi connectivity index (χ0v) is 14.0. The summed E-state index contributed by atoms with van der Waals surface area (Å²) in [6.07, 6.45) is 4.70. The van der Waals surface area contributed by atoms with E-state index in [-0.39, 0.29) is 11.9 Å². The fraction of sp³-hybridized carbons (Fsp3) is 0.611. The molecule has 2 N–H and O–H groups in total. The highest BCUT2D eigenvalue weighted by Gasteiger charge is 2.31. The predicted molar refractivity (Wildman–Crippen MR) is 88.2 cm³/mol. The maximum atomic E-state index is 12.9. The summed E-state index contributed by atoms with van der Waals surface area (Å²) in [6.45, 7) is 6.15. The molecule has 1 amide bonds. The molecule has 0 radical (unpaired) electrons. The van der Waals surface area contributed by atoms with E-state index in [9.17, 15) is 4.79 Å². The van der Waals surface area contributed by atoms with Crippen LogP contribution in [0.5, 0.6) is 5.75 Å². The van der Waals surface area contributed by atoms with Gasteiger partial charge >= 0.3 is 0 Å². The lowest BCUT2D eigenvalue weighted by Crippen LogP contribution is -3.12. The molecule has 4 heteroatoms. The number of methoxy groups -OCH3 is 1. The number of carbonyl (C=O) groups excluding carboxylic acids is 1. The third-order valence-corrected chi connectivity index (χ3v) is 4.73. The van der Waals surface area contributed by atoms with E-state index in [4.69, 9.17) is 4.74 Å². The first-order valence-electron chi connectivity index (χ1n) is 8.48. The zero-order chi connectivity index (χ0) is 15.9. The molecule has 0 spiro atoms. The average molecular weight is 305 g/mol. The summed E-state index contributed by atoms with van der Waals surface area (Å²) in [5, 5.41) is 3.26. The Labute approximate surface area is 133 Å². The average Bonchev–Trinajstić information content (AvgIpc) is 3.05. The SMILES string of the molecule is CC[NH+](CC)C(C(=O)NC1CCCC1)c1ccc(OC)cc1. The highest BCUT2D eigenvalue weighted by Crippen LogP contribution is 2.20. The van der Waals surface area contributed by atoms with Gasteiger partial charge < -0.3 is 15.0 Å². The summed E-state index contributed by atoms with van der Waals surface area (Å²) in [7, 11) is 1.66. The number of amides is 1. The van der Waals surface area contributed by atoms with Gasteiger partial charge in [0.25, 0.3) is 5.91 Å². The molecule has 0 aliphatic heterocycles. The molecule has 22 heavy (non-hydrogen) atoms. The number of carbonyl (C=O) groups is 1. The van der Waals surface area contributed by atoms with Crippen LogP contribution in [0.4, 0.5) is 0 Å². The van der Waals surface area contributed by atoms with Crippen LogP contribution in [-0.4, -0.2) is 32.1 Å². The monoisotopic (exact) mass is 305 g/mol. The molecule has 0 saturated heterocycles. The van der Waals surface area contributed by atoms with Crippen molar-refractivity contribution in [3.05, 3.63) is 29.8 Å². The molecule has 1 unspecified atom stereocenters. The van der Waals surface area contributed by atoms with Gasteiger partial charge in [-0.2, -0.15) is 0 Å². The Kier molecular flexibility index (Phi) is 6.25. The molecule has 1 aliphatic rings. The first-order valence-corrected chi connectivity index (χ1v) is 8.48. The highest BCUT2D eigenvalue weighted by atomic mass is 16.5. The van der Waals surface area contributed by atoms with Crippen LogP contribution < -0.4 is 15.0 Å². The minimum Gasteiger partial charge on any atom is -0.497 e. The second kappa shape index (κ2) is 8.18. The minimum atomic E-state index is -0.137. The Morgan fingerprint density at radius 3 is 2.32 bits per heavy atom. The van der Waals surface area contributed by atoms with Crippen molar-refractivity contribution in [2.75, 3.05) is 20.2 Å². The number of quaternary nitrogens is 1. The summed E-state index contributed by atoms with van der Waals surface area (Å²) < 4.78 is 5.22. The molecule has 1 aromatic rings. The second-order valence-electron chi connectivity index (χ2n) is 6.06. The molecular weight excluding hydrogens is 276 g/mol. The molecule has 1 saturated carbocycles. The number of rotatable bonds is 7. The Morgan fingerprint density at radius 2 is 1.82 bits per heavy atom. The van der Waals surface area contributed by atoms with Crippen LogP contribution in [0.25, 0.3) is 0 Å². The standard InChI is InChI=1S/C18H28N2O2/c1-4-20(5-2)17(14-10-12-16(22-3)13-11-14)18(21)19-15-8-6-7-9-15/h10-13,15,17H,4-9H2,1-3H3,(H,19,21)/p+1. The minimum absolute atomic E-state index is 0.137. The van der Waals surface area contributed by atoms with E-state index in [1.165, 1.54) is 17.7 Å². The van der Waals surface area contributed by atoms with Gasteiger partial charge in [-0.05, 0) is 51.0 Å². The van der Waals surface area contributed by atoms with Crippen LogP contribution in [0.1, 0.15) is 51.1 Å². The van der Waals surface area contributed by atoms with Gasteiger partial charge in [0.05, 0.1) is 20.2 Å². The van der Waals surface area contributed by atoms with Crippen LogP contribution in [0, 0.1) is 0 Å². The molecule has 2 rings (SSSR count). The lowest BCUT2D eigenvalue weighted by molar-refractivity contribution is -0.918. The van der Waals surface area contributed by atoms with Crippen molar-refractivity contribution < 1.29 is 14.4 Å². The van der Waals surface area contributed by atoms with Gasteiger partial charge in [-0.25, -0.2) is 0 Å². The summed E-state index contributed by atoms with van der Waals surface area (Å²) in [5.41, 5.74) is 1.06. The van der Waals surface area contributed by atoms with Gasteiger partial charge in [0.1, 0.15) is 5.75 Å². The summed E-state index contributed by atoms with van der Waals surface area (Å²) in [5.74, 6) is 0.990. The van der Waals surface area contributed by atoms with E-state index in [1.807, 2.05) is 24.3 Å². The quantitative estimate of drug-likeness (QED) is 0.805. The van der Waals surface area contributed by atoms with Crippen LogP contribution in [-0.2, 0) is 4.79 Å². The fourth-order valence-corrected chi connectivity index (χ4v) is 3.38. The molecule has 0 bridgehead atoms. The van der Waals surface area contributed by atoms with Crippen molar-refractivity contribution in [1.82, 2.24) is 5.32 Å². The first-order chi connectivity index (χ1) is 10.7.